The molecule has 1 heterocycles. The van der Waals surface area contributed by atoms with Crippen molar-refractivity contribution in [3.05, 3.63) is 50.4 Å². The van der Waals surface area contributed by atoms with Crippen LogP contribution in [0.4, 0.5) is 10.5 Å². The molecule has 1 unspecified atom stereocenters. The number of anilines is 1. The van der Waals surface area contributed by atoms with Gasteiger partial charge in [-0.05, 0) is 73.0 Å². The van der Waals surface area contributed by atoms with Crippen molar-refractivity contribution in [1.82, 2.24) is 0 Å². The van der Waals surface area contributed by atoms with Crippen molar-refractivity contribution in [3.8, 4) is 5.75 Å². The normalized spacial score (nSPS) is 15.8. The van der Waals surface area contributed by atoms with Gasteiger partial charge in [0.2, 0.25) is 0 Å². The Morgan fingerprint density at radius 2 is 1.93 bits per heavy atom. The topological polar surface area (TPSA) is 64.6 Å². The fourth-order valence-corrected chi connectivity index (χ4v) is 4.93. The SMILES string of the molecule is CC1(C)OC(=O)Nc2cc(Br)c(OCCCCS(=O)c3ccc(Cl)c(Cl)c3)cc21. The van der Waals surface area contributed by atoms with Crippen LogP contribution >= 0.6 is 39.1 Å². The molecule has 2 aromatic carbocycles. The van der Waals surface area contributed by atoms with Crippen LogP contribution in [0.1, 0.15) is 32.3 Å². The van der Waals surface area contributed by atoms with Gasteiger partial charge in [-0.1, -0.05) is 23.2 Å². The molecule has 1 N–H and O–H groups in total. The van der Waals surface area contributed by atoms with E-state index in [4.69, 9.17) is 32.7 Å². The molecule has 0 aromatic heterocycles. The predicted octanol–water partition coefficient (Wildman–Crippen LogP) is 6.52. The van der Waals surface area contributed by atoms with Crippen molar-refractivity contribution in [2.24, 2.45) is 0 Å². The van der Waals surface area contributed by atoms with Crippen molar-refractivity contribution in [3.63, 3.8) is 0 Å². The van der Waals surface area contributed by atoms with Gasteiger partial charge in [0.15, 0.2) is 0 Å². The standard InChI is InChI=1S/C20H20BrCl2NO4S/c1-20(2)13-10-18(14(21)11-17(13)24-19(25)28-20)27-7-3-4-8-29(26)12-5-6-15(22)16(23)9-12/h5-6,9-11H,3-4,7-8H2,1-2H3,(H,24,25). The number of rotatable bonds is 7. The number of carbonyl (C=O) groups is 1. The molecule has 0 spiro atoms. The highest BCUT2D eigenvalue weighted by Gasteiger charge is 2.34. The number of cyclic esters (lactones) is 1. The number of amides is 1. The highest BCUT2D eigenvalue weighted by molar-refractivity contribution is 9.10. The van der Waals surface area contributed by atoms with Crippen LogP contribution in [0.5, 0.6) is 5.75 Å². The van der Waals surface area contributed by atoms with E-state index in [-0.39, 0.29) is 0 Å². The molecule has 1 amide bonds. The highest BCUT2D eigenvalue weighted by Crippen LogP contribution is 2.41. The molecule has 0 saturated heterocycles. The van der Waals surface area contributed by atoms with Gasteiger partial charge in [-0.2, -0.15) is 0 Å². The lowest BCUT2D eigenvalue weighted by molar-refractivity contribution is 0.0418. The first-order chi connectivity index (χ1) is 13.7. The van der Waals surface area contributed by atoms with Crippen molar-refractivity contribution in [1.29, 1.82) is 0 Å². The maximum absolute atomic E-state index is 12.4. The van der Waals surface area contributed by atoms with E-state index in [1.807, 2.05) is 26.0 Å². The minimum Gasteiger partial charge on any atom is -0.492 e. The zero-order chi connectivity index (χ0) is 21.2. The summed E-state index contributed by atoms with van der Waals surface area (Å²) < 4.78 is 24.4. The van der Waals surface area contributed by atoms with Crippen LogP contribution in [0.15, 0.2) is 39.7 Å². The molecule has 29 heavy (non-hydrogen) atoms. The van der Waals surface area contributed by atoms with Gasteiger partial charge < -0.3 is 9.47 Å². The molecule has 0 fully saturated rings. The Morgan fingerprint density at radius 3 is 2.66 bits per heavy atom. The van der Waals surface area contributed by atoms with Crippen molar-refractivity contribution < 1.29 is 18.5 Å². The second-order valence-corrected chi connectivity index (χ2v) is 10.3. The third-order valence-corrected chi connectivity index (χ3v) is 7.24. The number of unbranched alkanes of at least 4 members (excludes halogenated alkanes) is 1. The van der Waals surface area contributed by atoms with Gasteiger partial charge in [-0.25, -0.2) is 4.79 Å². The summed E-state index contributed by atoms with van der Waals surface area (Å²) in [6.45, 7) is 4.14. The van der Waals surface area contributed by atoms with Crippen LogP contribution in [-0.2, 0) is 21.1 Å². The first-order valence-electron chi connectivity index (χ1n) is 8.97. The largest absolute Gasteiger partial charge is 0.492 e. The molecule has 0 bridgehead atoms. The summed E-state index contributed by atoms with van der Waals surface area (Å²) in [7, 11) is -1.13. The molecule has 5 nitrogen and oxygen atoms in total. The van der Waals surface area contributed by atoms with E-state index in [2.05, 4.69) is 21.2 Å². The summed E-state index contributed by atoms with van der Waals surface area (Å²) in [4.78, 5) is 12.3. The Kier molecular flexibility index (Phi) is 7.14. The average Bonchev–Trinajstić information content (AvgIpc) is 2.63. The molecular weight excluding hydrogens is 501 g/mol. The predicted molar refractivity (Wildman–Crippen MR) is 120 cm³/mol. The van der Waals surface area contributed by atoms with Crippen LogP contribution in [0.2, 0.25) is 10.0 Å². The average molecular weight is 521 g/mol. The number of benzene rings is 2. The Hall–Kier alpha value is -1.28. The van der Waals surface area contributed by atoms with Gasteiger partial charge in [-0.3, -0.25) is 9.53 Å². The summed E-state index contributed by atoms with van der Waals surface area (Å²) in [5, 5.41) is 3.55. The number of carbonyl (C=O) groups excluding carboxylic acids is 1. The minimum atomic E-state index is -1.13. The van der Waals surface area contributed by atoms with Crippen molar-refractivity contribution >= 4 is 61.7 Å². The van der Waals surface area contributed by atoms with E-state index in [0.29, 0.717) is 38.7 Å². The number of nitrogens with one attached hydrogen (secondary N) is 1. The fourth-order valence-electron chi connectivity index (χ4n) is 2.94. The maximum Gasteiger partial charge on any atom is 0.412 e. The lowest BCUT2D eigenvalue weighted by atomic mass is 9.94. The third-order valence-electron chi connectivity index (χ3n) is 4.44. The van der Waals surface area contributed by atoms with E-state index in [1.165, 1.54) is 0 Å². The van der Waals surface area contributed by atoms with E-state index < -0.39 is 22.5 Å². The minimum absolute atomic E-state index is 0.404. The monoisotopic (exact) mass is 519 g/mol. The lowest BCUT2D eigenvalue weighted by Gasteiger charge is -2.33. The van der Waals surface area contributed by atoms with Crippen LogP contribution in [-0.4, -0.2) is 22.7 Å². The second kappa shape index (κ2) is 9.25. The summed E-state index contributed by atoms with van der Waals surface area (Å²) in [5.74, 6) is 1.18. The molecule has 1 atom stereocenters. The molecule has 1 aliphatic heterocycles. The van der Waals surface area contributed by atoms with Crippen LogP contribution in [0, 0.1) is 0 Å². The Balaban J connectivity index is 1.54. The number of hydrogen-bond donors (Lipinski definition) is 1. The van der Waals surface area contributed by atoms with Crippen LogP contribution in [0.3, 0.4) is 0 Å². The maximum atomic E-state index is 12.4. The molecule has 156 valence electrons. The number of halogens is 3. The fraction of sp³-hybridized carbons (Fsp3) is 0.350. The molecular formula is C20H20BrCl2NO4S. The quantitative estimate of drug-likeness (QED) is 0.422. The van der Waals surface area contributed by atoms with E-state index in [1.54, 1.807) is 18.2 Å². The van der Waals surface area contributed by atoms with E-state index in [9.17, 15) is 9.00 Å². The smallest absolute Gasteiger partial charge is 0.412 e. The van der Waals surface area contributed by atoms with Gasteiger partial charge in [0.25, 0.3) is 0 Å². The first kappa shape index (κ1) is 22.4. The van der Waals surface area contributed by atoms with Gasteiger partial charge in [-0.15, -0.1) is 0 Å². The Labute approximate surface area is 190 Å². The van der Waals surface area contributed by atoms with Crippen LogP contribution in [0.25, 0.3) is 0 Å². The molecule has 0 aliphatic carbocycles. The Bertz CT molecular complexity index is 968. The zero-order valence-corrected chi connectivity index (χ0v) is 19.8. The summed E-state index contributed by atoms with van der Waals surface area (Å²) in [6.07, 6.45) is 1.01. The van der Waals surface area contributed by atoms with Gasteiger partial charge in [0.05, 0.1) is 37.6 Å². The van der Waals surface area contributed by atoms with E-state index in [0.717, 1.165) is 22.9 Å². The second-order valence-electron chi connectivity index (χ2n) is 7.03. The van der Waals surface area contributed by atoms with Gasteiger partial charge in [0, 0.05) is 16.2 Å². The number of ether oxygens (including phenoxy) is 2. The highest BCUT2D eigenvalue weighted by atomic mass is 79.9. The summed E-state index contributed by atoms with van der Waals surface area (Å²) >= 11 is 15.4. The van der Waals surface area contributed by atoms with Gasteiger partial charge in [0.1, 0.15) is 11.4 Å². The molecule has 1 aliphatic rings. The number of fused-ring (bicyclic) bond motifs is 1. The Morgan fingerprint density at radius 1 is 1.17 bits per heavy atom. The first-order valence-corrected chi connectivity index (χ1v) is 11.8. The van der Waals surface area contributed by atoms with Gasteiger partial charge >= 0.3 is 6.09 Å². The summed E-state index contributed by atoms with van der Waals surface area (Å²) in [5.41, 5.74) is 0.797. The lowest BCUT2D eigenvalue weighted by Crippen LogP contribution is -2.34. The third kappa shape index (κ3) is 5.45. The molecule has 2 aromatic rings. The molecule has 3 rings (SSSR count). The zero-order valence-electron chi connectivity index (χ0n) is 15.9. The van der Waals surface area contributed by atoms with E-state index >= 15 is 0 Å². The van der Waals surface area contributed by atoms with Crippen LogP contribution < -0.4 is 10.1 Å². The molecule has 0 radical (unpaired) electrons. The van der Waals surface area contributed by atoms with Crippen molar-refractivity contribution in [2.75, 3.05) is 17.7 Å². The molecule has 9 heteroatoms. The molecule has 0 saturated carbocycles. The summed E-state index contributed by atoms with van der Waals surface area (Å²) in [6, 6.07) is 8.71. The van der Waals surface area contributed by atoms with Crippen molar-refractivity contribution in [2.45, 2.75) is 37.2 Å². The number of hydrogen-bond acceptors (Lipinski definition) is 4.